The Morgan fingerprint density at radius 3 is 2.50 bits per heavy atom. The predicted octanol–water partition coefficient (Wildman–Crippen LogP) is 3.59. The molecule has 0 spiro atoms. The maximum Gasteiger partial charge on any atom is 0.153 e. The lowest BCUT2D eigenvalue weighted by atomic mass is 10.1. The third-order valence-electron chi connectivity index (χ3n) is 3.07. The molecule has 0 aliphatic carbocycles. The van der Waals surface area contributed by atoms with Crippen molar-refractivity contribution in [3.63, 3.8) is 0 Å². The Hall–Kier alpha value is -2.14. The van der Waals surface area contributed by atoms with Gasteiger partial charge in [-0.15, -0.1) is 0 Å². The van der Waals surface area contributed by atoms with Crippen molar-refractivity contribution in [3.05, 3.63) is 59.0 Å². The molecule has 0 saturated carbocycles. The van der Waals surface area contributed by atoms with Crippen LogP contribution in [0.5, 0.6) is 0 Å². The Morgan fingerprint density at radius 2 is 1.80 bits per heavy atom. The minimum absolute atomic E-state index is 0.756. The number of hydrogen-bond donors (Lipinski definition) is 1. The number of nitrogens with zero attached hydrogens (tertiary/aromatic N) is 3. The molecule has 0 fully saturated rings. The van der Waals surface area contributed by atoms with Crippen molar-refractivity contribution < 1.29 is 0 Å². The van der Waals surface area contributed by atoms with Crippen molar-refractivity contribution in [2.24, 2.45) is 0 Å². The topological polar surface area (TPSA) is 56.7 Å². The molecule has 3 rings (SSSR count). The molecule has 2 N–H and O–H groups in total. The molecule has 5 heteroatoms. The van der Waals surface area contributed by atoms with Crippen LogP contribution >= 0.6 is 15.9 Å². The molecule has 0 aliphatic rings. The van der Waals surface area contributed by atoms with Gasteiger partial charge in [0.05, 0.1) is 11.9 Å². The van der Waals surface area contributed by atoms with Gasteiger partial charge in [0.25, 0.3) is 0 Å². The lowest BCUT2D eigenvalue weighted by Crippen LogP contribution is -1.99. The fourth-order valence-corrected chi connectivity index (χ4v) is 2.15. The van der Waals surface area contributed by atoms with Crippen LogP contribution in [0.15, 0.2) is 53.3 Å². The van der Waals surface area contributed by atoms with Crippen LogP contribution in [0.3, 0.4) is 0 Å². The second-order valence-electron chi connectivity index (χ2n) is 4.53. The summed E-state index contributed by atoms with van der Waals surface area (Å²) >= 11 is 3.45. The molecule has 0 unspecified atom stereocenters. The van der Waals surface area contributed by atoms with Gasteiger partial charge in [-0.05, 0) is 52.7 Å². The fraction of sp³-hybridized carbons (Fsp3) is 0.0667. The van der Waals surface area contributed by atoms with Gasteiger partial charge in [-0.1, -0.05) is 12.1 Å². The van der Waals surface area contributed by atoms with Crippen LogP contribution in [0.4, 0.5) is 5.69 Å². The van der Waals surface area contributed by atoms with E-state index in [4.69, 9.17) is 5.73 Å². The van der Waals surface area contributed by atoms with E-state index in [9.17, 15) is 0 Å². The lowest BCUT2D eigenvalue weighted by Gasteiger charge is -2.03. The highest BCUT2D eigenvalue weighted by molar-refractivity contribution is 9.10. The molecule has 0 aliphatic heterocycles. The van der Waals surface area contributed by atoms with Crippen molar-refractivity contribution in [1.29, 1.82) is 0 Å². The zero-order valence-electron chi connectivity index (χ0n) is 10.9. The van der Waals surface area contributed by atoms with Gasteiger partial charge in [0.1, 0.15) is 0 Å². The zero-order chi connectivity index (χ0) is 14.1. The Labute approximate surface area is 125 Å². The van der Waals surface area contributed by atoms with E-state index in [0.29, 0.717) is 0 Å². The zero-order valence-corrected chi connectivity index (χ0v) is 12.5. The van der Waals surface area contributed by atoms with Gasteiger partial charge >= 0.3 is 0 Å². The minimum atomic E-state index is 0.756. The molecule has 20 heavy (non-hydrogen) atoms. The molecule has 0 amide bonds. The number of anilines is 1. The van der Waals surface area contributed by atoms with E-state index in [1.807, 2.05) is 55.7 Å². The van der Waals surface area contributed by atoms with E-state index >= 15 is 0 Å². The van der Waals surface area contributed by atoms with Crippen molar-refractivity contribution >= 4 is 21.6 Å². The van der Waals surface area contributed by atoms with Gasteiger partial charge in [-0.25, -0.2) is 9.67 Å². The van der Waals surface area contributed by atoms with Crippen LogP contribution in [0.25, 0.3) is 16.9 Å². The van der Waals surface area contributed by atoms with Crippen LogP contribution in [0.2, 0.25) is 0 Å². The second-order valence-corrected chi connectivity index (χ2v) is 5.39. The third kappa shape index (κ3) is 2.44. The molecule has 2 aromatic heterocycles. The van der Waals surface area contributed by atoms with Crippen molar-refractivity contribution in [3.8, 4) is 16.9 Å². The number of aromatic nitrogens is 3. The van der Waals surface area contributed by atoms with Gasteiger partial charge in [0, 0.05) is 21.9 Å². The molecular weight excluding hydrogens is 316 g/mol. The summed E-state index contributed by atoms with van der Waals surface area (Å²) in [6.45, 7) is 1.96. The molecule has 2 heterocycles. The quantitative estimate of drug-likeness (QED) is 0.731. The molecular formula is C15H13BrN4. The number of pyridine rings is 1. The van der Waals surface area contributed by atoms with Crippen LogP contribution < -0.4 is 5.73 Å². The predicted molar refractivity (Wildman–Crippen MR) is 83.6 cm³/mol. The summed E-state index contributed by atoms with van der Waals surface area (Å²) in [6, 6.07) is 11.6. The van der Waals surface area contributed by atoms with Crippen molar-refractivity contribution in [2.45, 2.75) is 6.92 Å². The molecule has 0 radical (unpaired) electrons. The number of benzene rings is 1. The summed E-state index contributed by atoms with van der Waals surface area (Å²) in [5.74, 6) is 0.799. The SMILES string of the molecule is Cc1nc(-n2cc(-c3ccc(N)cc3)cn2)ccc1Br. The van der Waals surface area contributed by atoms with Crippen LogP contribution in [0.1, 0.15) is 5.69 Å². The third-order valence-corrected chi connectivity index (χ3v) is 3.91. The van der Waals surface area contributed by atoms with Gasteiger partial charge < -0.3 is 5.73 Å². The summed E-state index contributed by atoms with van der Waals surface area (Å²) < 4.78 is 2.76. The average molecular weight is 329 g/mol. The number of halogens is 1. The smallest absolute Gasteiger partial charge is 0.153 e. The van der Waals surface area contributed by atoms with Crippen LogP contribution in [-0.4, -0.2) is 14.8 Å². The lowest BCUT2D eigenvalue weighted by molar-refractivity contribution is 0.839. The van der Waals surface area contributed by atoms with Gasteiger partial charge in [0.2, 0.25) is 0 Å². The summed E-state index contributed by atoms with van der Waals surface area (Å²) in [5.41, 5.74) is 9.51. The first-order valence-corrected chi connectivity index (χ1v) is 6.97. The van der Waals surface area contributed by atoms with Crippen molar-refractivity contribution in [2.75, 3.05) is 5.73 Å². The monoisotopic (exact) mass is 328 g/mol. The first kappa shape index (κ1) is 12.9. The standard InChI is InChI=1S/C15H13BrN4/c1-10-14(16)6-7-15(19-10)20-9-12(8-18-20)11-2-4-13(17)5-3-11/h2-9H,17H2,1H3. The first-order chi connectivity index (χ1) is 9.63. The van der Waals surface area contributed by atoms with Gasteiger partial charge in [0.15, 0.2) is 5.82 Å². The number of aryl methyl sites for hydroxylation is 1. The molecule has 0 atom stereocenters. The van der Waals surface area contributed by atoms with E-state index in [1.54, 1.807) is 4.68 Å². The van der Waals surface area contributed by atoms with Gasteiger partial charge in [-0.3, -0.25) is 0 Å². The molecule has 1 aromatic carbocycles. The minimum Gasteiger partial charge on any atom is -0.399 e. The Bertz CT molecular complexity index is 747. The number of nitrogen functional groups attached to an aromatic ring is 1. The summed E-state index contributed by atoms with van der Waals surface area (Å²) in [7, 11) is 0. The van der Waals surface area contributed by atoms with E-state index < -0.39 is 0 Å². The second kappa shape index (κ2) is 5.09. The average Bonchev–Trinajstić information content (AvgIpc) is 2.92. The normalized spacial score (nSPS) is 10.7. The number of hydrogen-bond acceptors (Lipinski definition) is 3. The maximum atomic E-state index is 5.70. The fourth-order valence-electron chi connectivity index (χ4n) is 1.93. The molecule has 3 aromatic rings. The Balaban J connectivity index is 1.97. The highest BCUT2D eigenvalue weighted by atomic mass is 79.9. The maximum absolute atomic E-state index is 5.70. The molecule has 0 bridgehead atoms. The summed E-state index contributed by atoms with van der Waals surface area (Å²) in [6.07, 6.45) is 3.78. The molecule has 4 nitrogen and oxygen atoms in total. The number of rotatable bonds is 2. The van der Waals surface area contributed by atoms with E-state index in [-0.39, 0.29) is 0 Å². The number of nitrogens with two attached hydrogens (primary N) is 1. The highest BCUT2D eigenvalue weighted by Crippen LogP contribution is 2.21. The Morgan fingerprint density at radius 1 is 1.05 bits per heavy atom. The Kier molecular flexibility index (Phi) is 3.28. The van der Waals surface area contributed by atoms with Gasteiger partial charge in [-0.2, -0.15) is 5.10 Å². The molecule has 0 saturated heterocycles. The van der Waals surface area contributed by atoms with E-state index in [1.165, 1.54) is 0 Å². The highest BCUT2D eigenvalue weighted by Gasteiger charge is 2.05. The summed E-state index contributed by atoms with van der Waals surface area (Å²) in [4.78, 5) is 4.50. The van der Waals surface area contributed by atoms with Crippen LogP contribution in [-0.2, 0) is 0 Å². The van der Waals surface area contributed by atoms with E-state index in [2.05, 4.69) is 26.0 Å². The molecule has 100 valence electrons. The largest absolute Gasteiger partial charge is 0.399 e. The van der Waals surface area contributed by atoms with Crippen LogP contribution in [0, 0.1) is 6.92 Å². The summed E-state index contributed by atoms with van der Waals surface area (Å²) in [5, 5.41) is 4.36. The van der Waals surface area contributed by atoms with E-state index in [0.717, 1.165) is 32.8 Å². The first-order valence-electron chi connectivity index (χ1n) is 6.17. The van der Waals surface area contributed by atoms with Crippen molar-refractivity contribution in [1.82, 2.24) is 14.8 Å².